The predicted octanol–water partition coefficient (Wildman–Crippen LogP) is 12.5. The van der Waals surface area contributed by atoms with E-state index in [1.165, 1.54) is 159 Å². The second kappa shape index (κ2) is 33.6. The van der Waals surface area contributed by atoms with E-state index in [-0.39, 0.29) is 43.3 Å². The zero-order valence-corrected chi connectivity index (χ0v) is 34.0. The lowest BCUT2D eigenvalue weighted by atomic mass is 10.0. The Bertz CT molecular complexity index is 994. The monoisotopic (exact) mass is 755 g/mol. The number of esters is 2. The van der Waals surface area contributed by atoms with E-state index in [0.29, 0.717) is 0 Å². The minimum atomic E-state index is -4.64. The maximum atomic E-state index is 12.9. The van der Waals surface area contributed by atoms with Gasteiger partial charge in [-0.3, -0.25) is 4.52 Å². The van der Waals surface area contributed by atoms with E-state index in [0.717, 1.165) is 38.5 Å². The summed E-state index contributed by atoms with van der Waals surface area (Å²) in [5, 5.41) is 0. The molecule has 52 heavy (non-hydrogen) atoms. The van der Waals surface area contributed by atoms with Gasteiger partial charge in [0.15, 0.2) is 0 Å². The highest BCUT2D eigenvalue weighted by atomic mass is 31.2. The molecule has 0 bridgehead atoms. The molecule has 2 N–H and O–H groups in total. The van der Waals surface area contributed by atoms with Crippen LogP contribution in [-0.2, 0) is 18.6 Å². The van der Waals surface area contributed by atoms with Crippen molar-refractivity contribution in [3.63, 3.8) is 0 Å². The van der Waals surface area contributed by atoms with Crippen molar-refractivity contribution in [1.29, 1.82) is 0 Å². The molecule has 0 radical (unpaired) electrons. The number of hydrogen-bond donors (Lipinski definition) is 2. The molecular formula is C42H75O9P. The highest BCUT2D eigenvalue weighted by Gasteiger charge is 2.17. The Morgan fingerprint density at radius 2 is 0.769 bits per heavy atom. The van der Waals surface area contributed by atoms with Crippen molar-refractivity contribution in [3.05, 3.63) is 29.3 Å². The van der Waals surface area contributed by atoms with Crippen molar-refractivity contribution >= 4 is 19.8 Å². The third-order valence-electron chi connectivity index (χ3n) is 9.45. The molecule has 0 heterocycles. The van der Waals surface area contributed by atoms with Gasteiger partial charge in [-0.25, -0.2) is 14.2 Å². The van der Waals surface area contributed by atoms with Gasteiger partial charge in [0.25, 0.3) is 0 Å². The lowest BCUT2D eigenvalue weighted by molar-refractivity contribution is 0.0495. The van der Waals surface area contributed by atoms with Crippen LogP contribution in [0.2, 0.25) is 0 Å². The first-order chi connectivity index (χ1) is 25.3. The van der Waals surface area contributed by atoms with Gasteiger partial charge in [0.1, 0.15) is 12.4 Å². The van der Waals surface area contributed by atoms with E-state index in [9.17, 15) is 14.2 Å². The molecule has 1 aromatic rings. The molecule has 0 amide bonds. The first kappa shape index (κ1) is 48.1. The number of unbranched alkanes of at least 4 members (excludes halogenated alkanes) is 26. The summed E-state index contributed by atoms with van der Waals surface area (Å²) in [7, 11) is -4.64. The summed E-state index contributed by atoms with van der Waals surface area (Å²) in [5.41, 5.74) is 0.310. The van der Waals surface area contributed by atoms with Gasteiger partial charge in [-0.1, -0.05) is 181 Å². The van der Waals surface area contributed by atoms with Crippen LogP contribution in [0.5, 0.6) is 5.75 Å². The number of hydrogen-bond acceptors (Lipinski definition) is 7. The number of ether oxygens (including phenoxy) is 3. The van der Waals surface area contributed by atoms with Crippen molar-refractivity contribution < 1.29 is 42.7 Å². The number of phosphoric acid groups is 1. The van der Waals surface area contributed by atoms with Crippen LogP contribution in [0, 0.1) is 0 Å². The van der Waals surface area contributed by atoms with Gasteiger partial charge in [0.05, 0.1) is 30.9 Å². The Morgan fingerprint density at radius 1 is 0.462 bits per heavy atom. The molecule has 1 rings (SSSR count). The fourth-order valence-corrected chi connectivity index (χ4v) is 6.64. The van der Waals surface area contributed by atoms with Gasteiger partial charge in [0, 0.05) is 0 Å². The summed E-state index contributed by atoms with van der Waals surface area (Å²) < 4.78 is 32.0. The van der Waals surface area contributed by atoms with Crippen LogP contribution in [0.3, 0.4) is 0 Å². The summed E-state index contributed by atoms with van der Waals surface area (Å²) in [6.45, 7) is 4.54. The minimum absolute atomic E-state index is 0.155. The molecule has 1 aromatic carbocycles. The Balaban J connectivity index is 2.36. The van der Waals surface area contributed by atoms with Crippen LogP contribution in [-0.4, -0.2) is 48.2 Å². The van der Waals surface area contributed by atoms with Gasteiger partial charge < -0.3 is 24.0 Å². The predicted molar refractivity (Wildman–Crippen MR) is 211 cm³/mol. The number of benzene rings is 1. The zero-order valence-electron chi connectivity index (χ0n) is 33.1. The molecule has 10 heteroatoms. The zero-order chi connectivity index (χ0) is 38.0. The SMILES string of the molecule is CCCCCCCCCCCCCCCCOC(=O)c1cc(OCCOP(=O)(O)O)cc(C(=O)OCCCCCCCCCCCCCCCC)c1. The molecule has 0 saturated heterocycles. The summed E-state index contributed by atoms with van der Waals surface area (Å²) in [5.74, 6) is -0.941. The van der Waals surface area contributed by atoms with Crippen LogP contribution in [0.25, 0.3) is 0 Å². The third-order valence-corrected chi connectivity index (χ3v) is 9.97. The third kappa shape index (κ3) is 29.5. The van der Waals surface area contributed by atoms with E-state index < -0.39 is 19.8 Å². The second-order valence-electron chi connectivity index (χ2n) is 14.4. The van der Waals surface area contributed by atoms with Crippen LogP contribution < -0.4 is 4.74 Å². The van der Waals surface area contributed by atoms with Crippen LogP contribution >= 0.6 is 7.82 Å². The smallest absolute Gasteiger partial charge is 0.469 e. The highest BCUT2D eigenvalue weighted by Crippen LogP contribution is 2.35. The average molecular weight is 755 g/mol. The lowest BCUT2D eigenvalue weighted by Crippen LogP contribution is -2.12. The van der Waals surface area contributed by atoms with Crippen LogP contribution in [0.1, 0.15) is 214 Å². The molecule has 0 aromatic heterocycles. The van der Waals surface area contributed by atoms with Gasteiger partial charge in [-0.15, -0.1) is 0 Å². The topological polar surface area (TPSA) is 129 Å². The second-order valence-corrected chi connectivity index (χ2v) is 15.6. The molecule has 0 fully saturated rings. The number of rotatable bonds is 37. The molecule has 302 valence electrons. The van der Waals surface area contributed by atoms with E-state index in [2.05, 4.69) is 18.4 Å². The lowest BCUT2D eigenvalue weighted by Gasteiger charge is -2.12. The van der Waals surface area contributed by atoms with Crippen LogP contribution in [0.15, 0.2) is 18.2 Å². The maximum Gasteiger partial charge on any atom is 0.469 e. The van der Waals surface area contributed by atoms with Crippen molar-refractivity contribution in [2.24, 2.45) is 0 Å². The fourth-order valence-electron chi connectivity index (χ4n) is 6.32. The average Bonchev–Trinajstić information content (AvgIpc) is 3.12. The Morgan fingerprint density at radius 3 is 1.08 bits per heavy atom. The van der Waals surface area contributed by atoms with Crippen molar-refractivity contribution in [2.45, 2.75) is 194 Å². The first-order valence-corrected chi connectivity index (χ1v) is 22.6. The standard InChI is InChI=1S/C42H75O9P/c1-3-5-7-9-11-13-15-17-19-21-23-25-27-29-31-49-41(43)38-35-39(37-40(36-38)48-33-34-51-52(45,46)47)42(44)50-32-30-28-26-24-22-20-18-16-14-12-10-8-6-4-2/h35-37H,3-34H2,1-2H3,(H2,45,46,47). The number of carbonyl (C=O) groups is 2. The summed E-state index contributed by atoms with van der Waals surface area (Å²) in [6.07, 6.45) is 34.8. The highest BCUT2D eigenvalue weighted by molar-refractivity contribution is 7.46. The molecule has 0 atom stereocenters. The van der Waals surface area contributed by atoms with Gasteiger partial charge >= 0.3 is 19.8 Å². The fraction of sp³-hybridized carbons (Fsp3) is 0.810. The summed E-state index contributed by atoms with van der Waals surface area (Å²) in [6, 6.07) is 4.35. The Labute approximate surface area is 316 Å². The largest absolute Gasteiger partial charge is 0.491 e. The van der Waals surface area contributed by atoms with Gasteiger partial charge in [-0.05, 0) is 31.0 Å². The number of carbonyl (C=O) groups excluding carboxylic acids is 2. The van der Waals surface area contributed by atoms with E-state index in [1.54, 1.807) is 0 Å². The van der Waals surface area contributed by atoms with E-state index in [1.807, 2.05) is 0 Å². The number of phosphoric ester groups is 1. The van der Waals surface area contributed by atoms with Gasteiger partial charge in [0.2, 0.25) is 0 Å². The molecule has 0 unspecified atom stereocenters. The Kier molecular flexibility index (Phi) is 31.1. The minimum Gasteiger partial charge on any atom is -0.491 e. The molecule has 0 aliphatic heterocycles. The van der Waals surface area contributed by atoms with Crippen molar-refractivity contribution in [2.75, 3.05) is 26.4 Å². The molecule has 9 nitrogen and oxygen atoms in total. The van der Waals surface area contributed by atoms with Crippen molar-refractivity contribution in [1.82, 2.24) is 0 Å². The van der Waals surface area contributed by atoms with Crippen LogP contribution in [0.4, 0.5) is 0 Å². The van der Waals surface area contributed by atoms with Gasteiger partial charge in [-0.2, -0.15) is 0 Å². The normalized spacial score (nSPS) is 11.5. The Hall–Kier alpha value is -1.93. The van der Waals surface area contributed by atoms with E-state index >= 15 is 0 Å². The molecular weight excluding hydrogens is 679 g/mol. The van der Waals surface area contributed by atoms with E-state index in [4.69, 9.17) is 24.0 Å². The maximum absolute atomic E-state index is 12.9. The molecule has 0 aliphatic carbocycles. The van der Waals surface area contributed by atoms with Crippen molar-refractivity contribution in [3.8, 4) is 5.75 Å². The first-order valence-electron chi connectivity index (χ1n) is 21.1. The molecule has 0 saturated carbocycles. The summed E-state index contributed by atoms with van der Waals surface area (Å²) in [4.78, 5) is 43.7. The quantitative estimate of drug-likeness (QED) is 0.0387. The summed E-state index contributed by atoms with van der Waals surface area (Å²) >= 11 is 0. The molecule has 0 aliphatic rings. The molecule has 0 spiro atoms.